The summed E-state index contributed by atoms with van der Waals surface area (Å²) in [4.78, 5) is 10.9. The summed E-state index contributed by atoms with van der Waals surface area (Å²) in [7, 11) is 0. The molecule has 20 heavy (non-hydrogen) atoms. The zero-order valence-corrected chi connectivity index (χ0v) is 13.0. The number of carbonyl (C=O) groups excluding carboxylic acids is 1. The second-order valence-corrected chi connectivity index (χ2v) is 5.68. The van der Waals surface area contributed by atoms with Gasteiger partial charge in [0.15, 0.2) is 0 Å². The van der Waals surface area contributed by atoms with Gasteiger partial charge < -0.3 is 9.53 Å². The van der Waals surface area contributed by atoms with E-state index in [2.05, 4.69) is 15.9 Å². The van der Waals surface area contributed by atoms with E-state index in [1.54, 1.807) is 6.92 Å². The molecule has 0 atom stereocenters. The van der Waals surface area contributed by atoms with E-state index in [1.807, 2.05) is 48.5 Å². The van der Waals surface area contributed by atoms with Crippen LogP contribution < -0.4 is 4.74 Å². The third kappa shape index (κ3) is 4.82. The summed E-state index contributed by atoms with van der Waals surface area (Å²) in [6.07, 6.45) is 1.39. The molecule has 3 heteroatoms. The van der Waals surface area contributed by atoms with E-state index in [4.69, 9.17) is 4.74 Å². The highest BCUT2D eigenvalue weighted by molar-refractivity contribution is 9.10. The van der Waals surface area contributed by atoms with Gasteiger partial charge in [0, 0.05) is 10.9 Å². The van der Waals surface area contributed by atoms with Gasteiger partial charge in [-0.15, -0.1) is 0 Å². The molecule has 0 unspecified atom stereocenters. The second kappa shape index (κ2) is 7.25. The van der Waals surface area contributed by atoms with Gasteiger partial charge in [-0.1, -0.05) is 40.2 Å². The van der Waals surface area contributed by atoms with Crippen molar-refractivity contribution >= 4 is 21.7 Å². The molecule has 0 aromatic heterocycles. The number of hydrogen-bond acceptors (Lipinski definition) is 2. The highest BCUT2D eigenvalue weighted by Gasteiger charge is 1.99. The van der Waals surface area contributed by atoms with Crippen LogP contribution in [0, 0.1) is 0 Å². The maximum atomic E-state index is 10.9. The van der Waals surface area contributed by atoms with Gasteiger partial charge in [-0.05, 0) is 48.7 Å². The Kier molecular flexibility index (Phi) is 5.36. The summed E-state index contributed by atoms with van der Waals surface area (Å²) in [5, 5.41) is 0. The second-order valence-electron chi connectivity index (χ2n) is 4.76. The van der Waals surface area contributed by atoms with Gasteiger partial charge in [0.1, 0.15) is 18.1 Å². The Labute approximate surface area is 127 Å². The number of carbonyl (C=O) groups is 1. The van der Waals surface area contributed by atoms with Crippen molar-refractivity contribution in [1.82, 2.24) is 0 Å². The molecule has 0 fully saturated rings. The minimum Gasteiger partial charge on any atom is -0.489 e. The first-order chi connectivity index (χ1) is 9.63. The third-order valence-corrected chi connectivity index (χ3v) is 3.54. The van der Waals surface area contributed by atoms with Gasteiger partial charge in [-0.3, -0.25) is 0 Å². The molecule has 2 aromatic carbocycles. The number of rotatable bonds is 6. The van der Waals surface area contributed by atoms with Crippen LogP contribution >= 0.6 is 15.9 Å². The molecule has 0 saturated carbocycles. The van der Waals surface area contributed by atoms with Crippen LogP contribution in [0.2, 0.25) is 0 Å². The first kappa shape index (κ1) is 14.8. The molecular weight excluding hydrogens is 316 g/mol. The summed E-state index contributed by atoms with van der Waals surface area (Å²) in [6.45, 7) is 2.18. The van der Waals surface area contributed by atoms with Crippen molar-refractivity contribution in [3.05, 3.63) is 64.1 Å². The Hall–Kier alpha value is -1.61. The molecule has 0 N–H and O–H groups in total. The molecule has 0 aliphatic heterocycles. The molecule has 0 radical (unpaired) electrons. The normalized spacial score (nSPS) is 10.3. The van der Waals surface area contributed by atoms with Crippen molar-refractivity contribution in [1.29, 1.82) is 0 Å². The van der Waals surface area contributed by atoms with Crippen molar-refractivity contribution in [3.8, 4) is 5.75 Å². The van der Waals surface area contributed by atoms with Crippen LogP contribution in [0.1, 0.15) is 24.5 Å². The largest absolute Gasteiger partial charge is 0.489 e. The lowest BCUT2D eigenvalue weighted by atomic mass is 10.1. The van der Waals surface area contributed by atoms with Crippen LogP contribution in [-0.2, 0) is 17.8 Å². The van der Waals surface area contributed by atoms with Gasteiger partial charge in [0.2, 0.25) is 0 Å². The van der Waals surface area contributed by atoms with E-state index in [0.717, 1.165) is 27.8 Å². The Morgan fingerprint density at radius 1 is 1.00 bits per heavy atom. The number of ketones is 1. The summed E-state index contributed by atoms with van der Waals surface area (Å²) in [6, 6.07) is 16.0. The average Bonchev–Trinajstić information content (AvgIpc) is 2.45. The fourth-order valence-corrected chi connectivity index (χ4v) is 2.08. The van der Waals surface area contributed by atoms with Gasteiger partial charge in [0.05, 0.1) is 0 Å². The number of benzene rings is 2. The highest BCUT2D eigenvalue weighted by Crippen LogP contribution is 2.16. The quantitative estimate of drug-likeness (QED) is 0.775. The average molecular weight is 333 g/mol. The molecule has 0 spiro atoms. The Balaban J connectivity index is 1.87. The van der Waals surface area contributed by atoms with Crippen LogP contribution in [0.4, 0.5) is 0 Å². The molecule has 2 aromatic rings. The van der Waals surface area contributed by atoms with E-state index < -0.39 is 0 Å². The fraction of sp³-hybridized carbons (Fsp3) is 0.235. The minimum atomic E-state index is 0.223. The predicted molar refractivity (Wildman–Crippen MR) is 83.9 cm³/mol. The van der Waals surface area contributed by atoms with Crippen molar-refractivity contribution in [2.24, 2.45) is 0 Å². The Bertz CT molecular complexity index is 559. The van der Waals surface area contributed by atoms with Crippen molar-refractivity contribution in [2.75, 3.05) is 0 Å². The lowest BCUT2D eigenvalue weighted by molar-refractivity contribution is -0.116. The number of ether oxygens (including phenoxy) is 1. The summed E-state index contributed by atoms with van der Waals surface area (Å²) in [5.74, 6) is 1.07. The summed E-state index contributed by atoms with van der Waals surface area (Å²) >= 11 is 3.41. The number of hydrogen-bond donors (Lipinski definition) is 0. The standard InChI is InChI=1S/C17H17BrO2/c1-13(19)2-3-14-6-10-17(11-7-14)20-12-15-4-8-16(18)9-5-15/h4-11H,2-3,12H2,1H3. The smallest absolute Gasteiger partial charge is 0.130 e. The minimum absolute atomic E-state index is 0.223. The molecule has 0 amide bonds. The van der Waals surface area contributed by atoms with Crippen LogP contribution in [0.15, 0.2) is 53.0 Å². The van der Waals surface area contributed by atoms with E-state index >= 15 is 0 Å². The molecule has 2 rings (SSSR count). The third-order valence-electron chi connectivity index (χ3n) is 3.01. The predicted octanol–water partition coefficient (Wildman–Crippen LogP) is 4.55. The van der Waals surface area contributed by atoms with Gasteiger partial charge >= 0.3 is 0 Å². The molecule has 0 saturated heterocycles. The lowest BCUT2D eigenvalue weighted by Gasteiger charge is -2.07. The number of aryl methyl sites for hydroxylation is 1. The van der Waals surface area contributed by atoms with E-state index in [0.29, 0.717) is 13.0 Å². The SMILES string of the molecule is CC(=O)CCc1ccc(OCc2ccc(Br)cc2)cc1. The van der Waals surface area contributed by atoms with Crippen LogP contribution in [0.3, 0.4) is 0 Å². The van der Waals surface area contributed by atoms with Crippen LogP contribution in [0.5, 0.6) is 5.75 Å². The molecule has 0 aliphatic carbocycles. The van der Waals surface area contributed by atoms with Gasteiger partial charge in [-0.2, -0.15) is 0 Å². The molecule has 2 nitrogen and oxygen atoms in total. The van der Waals surface area contributed by atoms with Crippen LogP contribution in [-0.4, -0.2) is 5.78 Å². The molecule has 0 aliphatic rings. The lowest BCUT2D eigenvalue weighted by Crippen LogP contribution is -1.96. The fourth-order valence-electron chi connectivity index (χ4n) is 1.82. The topological polar surface area (TPSA) is 26.3 Å². The Morgan fingerprint density at radius 2 is 1.60 bits per heavy atom. The summed E-state index contributed by atoms with van der Waals surface area (Å²) < 4.78 is 6.80. The first-order valence-corrected chi connectivity index (χ1v) is 7.38. The molecular formula is C17H17BrO2. The summed E-state index contributed by atoms with van der Waals surface area (Å²) in [5.41, 5.74) is 2.30. The van der Waals surface area contributed by atoms with Gasteiger partial charge in [-0.25, -0.2) is 0 Å². The first-order valence-electron chi connectivity index (χ1n) is 6.59. The monoisotopic (exact) mass is 332 g/mol. The number of Topliss-reactive ketones (excluding diaryl/α,β-unsaturated/α-hetero) is 1. The molecule has 104 valence electrons. The van der Waals surface area contributed by atoms with Crippen LogP contribution in [0.25, 0.3) is 0 Å². The van der Waals surface area contributed by atoms with Gasteiger partial charge in [0.25, 0.3) is 0 Å². The Morgan fingerprint density at radius 3 is 2.20 bits per heavy atom. The van der Waals surface area contributed by atoms with E-state index in [-0.39, 0.29) is 5.78 Å². The number of halogens is 1. The zero-order valence-electron chi connectivity index (χ0n) is 11.4. The highest BCUT2D eigenvalue weighted by atomic mass is 79.9. The van der Waals surface area contributed by atoms with Crippen molar-refractivity contribution in [3.63, 3.8) is 0 Å². The molecule has 0 bridgehead atoms. The zero-order chi connectivity index (χ0) is 14.4. The molecule has 0 heterocycles. The van der Waals surface area contributed by atoms with Crippen molar-refractivity contribution in [2.45, 2.75) is 26.4 Å². The maximum absolute atomic E-state index is 10.9. The van der Waals surface area contributed by atoms with E-state index in [1.165, 1.54) is 0 Å². The maximum Gasteiger partial charge on any atom is 0.130 e. The van der Waals surface area contributed by atoms with Crippen molar-refractivity contribution < 1.29 is 9.53 Å². The van der Waals surface area contributed by atoms with E-state index in [9.17, 15) is 4.79 Å².